The molecule has 0 radical (unpaired) electrons. The van der Waals surface area contributed by atoms with Gasteiger partial charge in [-0.2, -0.15) is 0 Å². The Balaban J connectivity index is 1.50. The minimum atomic E-state index is -2.26. The van der Waals surface area contributed by atoms with Crippen LogP contribution in [0.4, 0.5) is 14.5 Å². The average Bonchev–Trinajstić information content (AvgIpc) is 3.33. The molecule has 38 heavy (non-hydrogen) atoms. The highest BCUT2D eigenvalue weighted by molar-refractivity contribution is 6.01. The third kappa shape index (κ3) is 2.71. The molecule has 0 bridgehead atoms. The molecule has 4 aliphatic carbocycles. The summed E-state index contributed by atoms with van der Waals surface area (Å²) < 4.78 is 33.5. The van der Waals surface area contributed by atoms with Crippen LogP contribution in [0.15, 0.2) is 48.1 Å². The summed E-state index contributed by atoms with van der Waals surface area (Å²) in [7, 11) is 0. The Morgan fingerprint density at radius 3 is 2.61 bits per heavy atom. The number of aryl methyl sites for hydroxylation is 1. The Hall–Kier alpha value is -2.42. The molecule has 4 fully saturated rings. The van der Waals surface area contributed by atoms with Crippen molar-refractivity contribution in [3.63, 3.8) is 0 Å². The highest BCUT2D eigenvalue weighted by Crippen LogP contribution is 2.77. The van der Waals surface area contributed by atoms with Gasteiger partial charge in [-0.15, -0.1) is 0 Å². The van der Waals surface area contributed by atoms with Crippen molar-refractivity contribution in [2.24, 2.45) is 28.1 Å². The van der Waals surface area contributed by atoms with E-state index in [0.717, 1.165) is 11.3 Å². The molecule has 1 saturated heterocycles. The number of nitrogens with zero attached hydrogens (tertiary/aromatic N) is 1. The minimum Gasteiger partial charge on any atom is -0.390 e. The standard InChI is InChI=1S/C30H35F2NO5/c1-17-7-5-6-8-22(17)33-15-18-13-27(3)23-12-21(31)20-11-19(35)9-10-26(20,2)29(23,32)24(36)14-28(27,4)30(18,38-33)25(37)16-34/h5-11,18,21,23-24,34,36H,12-16H2,1-4H3/t18-,21-,23-,24-,26-,27-,28-,29-,30-/m0/s1. The zero-order valence-electron chi connectivity index (χ0n) is 22.2. The molecule has 1 aliphatic heterocycles. The topological polar surface area (TPSA) is 87.1 Å². The number of carbonyl (C=O) groups excluding carboxylic acids is 2. The molecular formula is C30H35F2NO5. The minimum absolute atomic E-state index is 0.0660. The van der Waals surface area contributed by atoms with Crippen molar-refractivity contribution in [2.75, 3.05) is 18.2 Å². The van der Waals surface area contributed by atoms with Gasteiger partial charge in [-0.05, 0) is 67.9 Å². The average molecular weight is 528 g/mol. The second-order valence-electron chi connectivity index (χ2n) is 12.7. The van der Waals surface area contributed by atoms with E-state index in [0.29, 0.717) is 13.0 Å². The van der Waals surface area contributed by atoms with E-state index in [1.54, 1.807) is 12.0 Å². The molecule has 0 unspecified atom stereocenters. The number of para-hydroxylation sites is 1. The summed E-state index contributed by atoms with van der Waals surface area (Å²) in [5.41, 5.74) is -5.50. The second kappa shape index (κ2) is 7.83. The van der Waals surface area contributed by atoms with Crippen molar-refractivity contribution in [1.82, 2.24) is 0 Å². The largest absolute Gasteiger partial charge is 0.390 e. The molecule has 1 heterocycles. The smallest absolute Gasteiger partial charge is 0.193 e. The summed E-state index contributed by atoms with van der Waals surface area (Å²) in [6, 6.07) is 7.63. The van der Waals surface area contributed by atoms with Crippen LogP contribution in [0.3, 0.4) is 0 Å². The van der Waals surface area contributed by atoms with Gasteiger partial charge in [0.1, 0.15) is 12.8 Å². The number of aliphatic hydroxyl groups excluding tert-OH is 2. The SMILES string of the molecule is Cc1ccccc1N1C[C@@H]2C[C@@]3(C)[C@@H]4C[C@H](F)C5=CC(=O)C=C[C@]5(C)[C@@]4(F)[C@@H](O)C[C@]3(C)[C@]2(C(=O)CO)O1. The number of Topliss-reactive ketones (excluding diaryl/α,β-unsaturated/α-hetero) is 1. The maximum absolute atomic E-state index is 17.7. The number of fused-ring (bicyclic) bond motifs is 7. The van der Waals surface area contributed by atoms with Gasteiger partial charge in [0.2, 0.25) is 0 Å². The third-order valence-electron chi connectivity index (χ3n) is 11.3. The van der Waals surface area contributed by atoms with Gasteiger partial charge >= 0.3 is 0 Å². The van der Waals surface area contributed by atoms with Crippen LogP contribution >= 0.6 is 0 Å². The summed E-state index contributed by atoms with van der Waals surface area (Å²) in [5, 5.41) is 23.5. The van der Waals surface area contributed by atoms with Gasteiger partial charge in [0.05, 0.1) is 18.3 Å². The molecule has 0 aromatic heterocycles. The number of halogens is 2. The van der Waals surface area contributed by atoms with E-state index >= 15 is 8.78 Å². The molecule has 9 atom stereocenters. The van der Waals surface area contributed by atoms with Crippen molar-refractivity contribution in [2.45, 2.75) is 70.5 Å². The highest BCUT2D eigenvalue weighted by atomic mass is 19.1. The van der Waals surface area contributed by atoms with Crippen LogP contribution in [0.1, 0.15) is 45.6 Å². The lowest BCUT2D eigenvalue weighted by Crippen LogP contribution is -2.73. The summed E-state index contributed by atoms with van der Waals surface area (Å²) in [6.07, 6.45) is 0.776. The Bertz CT molecular complexity index is 1300. The van der Waals surface area contributed by atoms with Crippen LogP contribution in [0.5, 0.6) is 0 Å². The van der Waals surface area contributed by atoms with E-state index in [2.05, 4.69) is 0 Å². The first-order valence-electron chi connectivity index (χ1n) is 13.4. The number of alkyl halides is 2. The number of hydroxylamine groups is 1. The number of rotatable bonds is 3. The summed E-state index contributed by atoms with van der Waals surface area (Å²) >= 11 is 0. The number of benzene rings is 1. The first-order valence-corrected chi connectivity index (χ1v) is 13.4. The predicted octanol–water partition coefficient (Wildman–Crippen LogP) is 3.98. The maximum atomic E-state index is 17.7. The van der Waals surface area contributed by atoms with E-state index in [1.165, 1.54) is 18.2 Å². The molecule has 0 amide bonds. The lowest BCUT2D eigenvalue weighted by Gasteiger charge is -2.67. The molecule has 3 saturated carbocycles. The fourth-order valence-electron chi connectivity index (χ4n) is 9.31. The third-order valence-corrected chi connectivity index (χ3v) is 11.3. The fraction of sp³-hybridized carbons (Fsp3) is 0.600. The van der Waals surface area contributed by atoms with Gasteiger partial charge in [0.25, 0.3) is 0 Å². The Morgan fingerprint density at radius 2 is 1.92 bits per heavy atom. The molecule has 2 N–H and O–H groups in total. The number of allylic oxidation sites excluding steroid dienone is 4. The van der Waals surface area contributed by atoms with E-state index < -0.39 is 69.8 Å². The highest BCUT2D eigenvalue weighted by Gasteiger charge is 2.83. The zero-order valence-corrected chi connectivity index (χ0v) is 22.2. The number of carbonyl (C=O) groups is 2. The number of anilines is 1. The number of ketones is 2. The first-order chi connectivity index (χ1) is 17.8. The molecule has 6 nitrogen and oxygen atoms in total. The maximum Gasteiger partial charge on any atom is 0.193 e. The lowest BCUT2D eigenvalue weighted by atomic mass is 9.39. The van der Waals surface area contributed by atoms with E-state index in [-0.39, 0.29) is 18.4 Å². The number of hydrogen-bond donors (Lipinski definition) is 2. The van der Waals surface area contributed by atoms with Crippen molar-refractivity contribution in [3.05, 3.63) is 53.6 Å². The molecular weight excluding hydrogens is 492 g/mol. The molecule has 1 aromatic rings. The van der Waals surface area contributed by atoms with E-state index in [9.17, 15) is 19.8 Å². The molecule has 0 spiro atoms. The predicted molar refractivity (Wildman–Crippen MR) is 137 cm³/mol. The van der Waals surface area contributed by atoms with Crippen molar-refractivity contribution in [1.29, 1.82) is 0 Å². The van der Waals surface area contributed by atoms with Crippen LogP contribution in [-0.2, 0) is 14.4 Å². The van der Waals surface area contributed by atoms with Gasteiger partial charge in [-0.25, -0.2) is 8.78 Å². The van der Waals surface area contributed by atoms with Crippen LogP contribution in [0, 0.1) is 35.0 Å². The molecule has 8 heteroatoms. The zero-order chi connectivity index (χ0) is 27.5. The van der Waals surface area contributed by atoms with E-state index in [4.69, 9.17) is 4.84 Å². The van der Waals surface area contributed by atoms with Crippen molar-refractivity contribution >= 4 is 17.3 Å². The quantitative estimate of drug-likeness (QED) is 0.619. The van der Waals surface area contributed by atoms with Gasteiger partial charge in [0.15, 0.2) is 22.8 Å². The Morgan fingerprint density at radius 1 is 1.21 bits per heavy atom. The first kappa shape index (κ1) is 25.8. The molecule has 204 valence electrons. The van der Waals surface area contributed by atoms with Crippen LogP contribution in [0.2, 0.25) is 0 Å². The van der Waals surface area contributed by atoms with Crippen LogP contribution < -0.4 is 5.06 Å². The van der Waals surface area contributed by atoms with Crippen LogP contribution in [0.25, 0.3) is 0 Å². The summed E-state index contributed by atoms with van der Waals surface area (Å²) in [5.74, 6) is -2.26. The number of aliphatic hydroxyl groups is 2. The molecule has 6 rings (SSSR count). The van der Waals surface area contributed by atoms with E-state index in [1.807, 2.05) is 45.0 Å². The fourth-order valence-corrected chi connectivity index (χ4v) is 9.31. The normalized spacial score (nSPS) is 47.2. The van der Waals surface area contributed by atoms with Gasteiger partial charge in [0, 0.05) is 22.7 Å². The Labute approximate surface area is 221 Å². The van der Waals surface area contributed by atoms with Crippen molar-refractivity contribution in [3.8, 4) is 0 Å². The second-order valence-corrected chi connectivity index (χ2v) is 12.7. The van der Waals surface area contributed by atoms with Crippen molar-refractivity contribution < 1.29 is 33.4 Å². The summed E-state index contributed by atoms with van der Waals surface area (Å²) in [4.78, 5) is 32.4. The lowest BCUT2D eigenvalue weighted by molar-refractivity contribution is -0.256. The Kier molecular flexibility index (Phi) is 5.32. The van der Waals surface area contributed by atoms with Crippen LogP contribution in [-0.4, -0.2) is 58.5 Å². The van der Waals surface area contributed by atoms with Gasteiger partial charge in [-0.1, -0.05) is 38.1 Å². The monoisotopic (exact) mass is 527 g/mol. The van der Waals surface area contributed by atoms with Gasteiger partial charge in [-0.3, -0.25) is 19.5 Å². The summed E-state index contributed by atoms with van der Waals surface area (Å²) in [6.45, 7) is 6.83. The molecule has 5 aliphatic rings. The number of hydrogen-bond acceptors (Lipinski definition) is 6. The molecule has 1 aromatic carbocycles. The van der Waals surface area contributed by atoms with Gasteiger partial charge < -0.3 is 10.2 Å².